The van der Waals surface area contributed by atoms with Crippen molar-refractivity contribution < 1.29 is 19.1 Å². The van der Waals surface area contributed by atoms with E-state index in [0.29, 0.717) is 0 Å². The van der Waals surface area contributed by atoms with Crippen molar-refractivity contribution in [1.82, 2.24) is 9.97 Å². The Labute approximate surface area is 164 Å². The molecule has 7 heteroatoms. The minimum absolute atomic E-state index is 0.0773. The van der Waals surface area contributed by atoms with Crippen LogP contribution in [0.1, 0.15) is 73.5 Å². The molecule has 2 rings (SSSR count). The van der Waals surface area contributed by atoms with Crippen LogP contribution in [0.25, 0.3) is 0 Å². The Morgan fingerprint density at radius 1 is 1.26 bits per heavy atom. The first kappa shape index (κ1) is 21.3. The molecule has 27 heavy (non-hydrogen) atoms. The number of carbonyl (C=O) groups is 2. The monoisotopic (exact) mass is 392 g/mol. The van der Waals surface area contributed by atoms with Gasteiger partial charge in [0.15, 0.2) is 17.6 Å². The third-order valence-electron chi connectivity index (χ3n) is 4.26. The summed E-state index contributed by atoms with van der Waals surface area (Å²) in [6.45, 7) is 3.91. The first-order valence-electron chi connectivity index (χ1n) is 9.42. The zero-order chi connectivity index (χ0) is 19.6. The third kappa shape index (κ3) is 6.57. The molecule has 148 valence electrons. The number of carbonyl (C=O) groups excluding carboxylic acids is 2. The number of Topliss-reactive ketones (excluding diaryl/α,β-unsaturated/α-hetero) is 1. The van der Waals surface area contributed by atoms with Crippen LogP contribution in [-0.4, -0.2) is 40.7 Å². The molecule has 0 spiro atoms. The van der Waals surface area contributed by atoms with E-state index in [9.17, 15) is 9.59 Å². The van der Waals surface area contributed by atoms with Gasteiger partial charge in [-0.3, -0.25) is 4.79 Å². The largest absolute Gasteiger partial charge is 0.487 e. The minimum Gasteiger partial charge on any atom is -0.487 e. The lowest BCUT2D eigenvalue weighted by atomic mass is 10.1. The van der Waals surface area contributed by atoms with Gasteiger partial charge >= 0.3 is 5.97 Å². The molecule has 1 atom stereocenters. The molecule has 1 heterocycles. The SMILES string of the molecule is CCCCCCSC1=CC=C(OC(C)C(=O)c2nc(C(=O)OC)c[nH]2)CC1. The predicted molar refractivity (Wildman–Crippen MR) is 107 cm³/mol. The maximum atomic E-state index is 12.4. The number of methoxy groups -OCH3 is 1. The van der Waals surface area contributed by atoms with Gasteiger partial charge in [0.2, 0.25) is 5.78 Å². The second-order valence-electron chi connectivity index (χ2n) is 6.43. The normalized spacial score (nSPS) is 14.9. The highest BCUT2D eigenvalue weighted by molar-refractivity contribution is 8.03. The van der Waals surface area contributed by atoms with Crippen LogP contribution in [0.3, 0.4) is 0 Å². The fourth-order valence-corrected chi connectivity index (χ4v) is 3.70. The van der Waals surface area contributed by atoms with Crippen LogP contribution in [-0.2, 0) is 9.47 Å². The number of H-pyrrole nitrogens is 1. The Hall–Kier alpha value is -2.02. The van der Waals surface area contributed by atoms with Crippen LogP contribution in [0.15, 0.2) is 29.0 Å². The van der Waals surface area contributed by atoms with Crippen LogP contribution in [0.5, 0.6) is 0 Å². The van der Waals surface area contributed by atoms with E-state index in [0.717, 1.165) is 24.4 Å². The van der Waals surface area contributed by atoms with Crippen LogP contribution in [0.4, 0.5) is 0 Å². The van der Waals surface area contributed by atoms with Gasteiger partial charge in [0.05, 0.1) is 12.9 Å². The van der Waals surface area contributed by atoms with E-state index in [-0.39, 0.29) is 17.3 Å². The molecular formula is C20H28N2O4S. The number of nitrogens with zero attached hydrogens (tertiary/aromatic N) is 1. The Bertz CT molecular complexity index is 709. The van der Waals surface area contributed by atoms with Crippen LogP contribution in [0, 0.1) is 0 Å². The van der Waals surface area contributed by atoms with Crippen LogP contribution in [0.2, 0.25) is 0 Å². The number of rotatable bonds is 11. The highest BCUT2D eigenvalue weighted by atomic mass is 32.2. The van der Waals surface area contributed by atoms with E-state index in [4.69, 9.17) is 4.74 Å². The summed E-state index contributed by atoms with van der Waals surface area (Å²) in [5.41, 5.74) is 0.0773. The Morgan fingerprint density at radius 3 is 2.74 bits per heavy atom. The fraction of sp³-hybridized carbons (Fsp3) is 0.550. The summed E-state index contributed by atoms with van der Waals surface area (Å²) < 4.78 is 10.4. The van der Waals surface area contributed by atoms with E-state index >= 15 is 0 Å². The Morgan fingerprint density at radius 2 is 2.07 bits per heavy atom. The standard InChI is InChI=1S/C20H28N2O4S/c1-4-5-6-7-12-27-16-10-8-15(9-11-16)26-14(2)18(23)19-21-13-17(22-19)20(24)25-3/h8,10,13-14H,4-7,9,11-12H2,1-3H3,(H,21,22). The summed E-state index contributed by atoms with van der Waals surface area (Å²) in [5, 5.41) is 0. The summed E-state index contributed by atoms with van der Waals surface area (Å²) >= 11 is 1.91. The van der Waals surface area contributed by atoms with Crippen molar-refractivity contribution in [1.29, 1.82) is 0 Å². The topological polar surface area (TPSA) is 81.3 Å². The highest BCUT2D eigenvalue weighted by Gasteiger charge is 2.23. The van der Waals surface area contributed by atoms with Crippen molar-refractivity contribution in [3.63, 3.8) is 0 Å². The lowest BCUT2D eigenvalue weighted by Crippen LogP contribution is -2.22. The molecule has 0 amide bonds. The van der Waals surface area contributed by atoms with Gasteiger partial charge in [-0.25, -0.2) is 9.78 Å². The number of aromatic amines is 1. The smallest absolute Gasteiger partial charge is 0.358 e. The number of esters is 1. The second kappa shape index (κ2) is 11.0. The maximum Gasteiger partial charge on any atom is 0.358 e. The first-order chi connectivity index (χ1) is 13.0. The van der Waals surface area contributed by atoms with Gasteiger partial charge < -0.3 is 14.5 Å². The van der Waals surface area contributed by atoms with Gasteiger partial charge in [-0.05, 0) is 42.6 Å². The molecule has 0 radical (unpaired) electrons. The van der Waals surface area contributed by atoms with E-state index in [1.54, 1.807) is 6.92 Å². The zero-order valence-corrected chi connectivity index (χ0v) is 17.1. The zero-order valence-electron chi connectivity index (χ0n) is 16.2. The number of aromatic nitrogens is 2. The van der Waals surface area contributed by atoms with Crippen molar-refractivity contribution in [3.05, 3.63) is 40.5 Å². The average molecular weight is 393 g/mol. The van der Waals surface area contributed by atoms with E-state index < -0.39 is 12.1 Å². The second-order valence-corrected chi connectivity index (χ2v) is 7.65. The highest BCUT2D eigenvalue weighted by Crippen LogP contribution is 2.29. The summed E-state index contributed by atoms with van der Waals surface area (Å²) in [4.78, 5) is 31.9. The van der Waals surface area contributed by atoms with Crippen molar-refractivity contribution in [2.24, 2.45) is 0 Å². The van der Waals surface area contributed by atoms with Gasteiger partial charge in [-0.2, -0.15) is 0 Å². The number of unbranched alkanes of at least 4 members (excludes halogenated alkanes) is 3. The van der Waals surface area contributed by atoms with Crippen LogP contribution < -0.4 is 0 Å². The third-order valence-corrected chi connectivity index (χ3v) is 5.47. The van der Waals surface area contributed by atoms with Crippen molar-refractivity contribution >= 4 is 23.5 Å². The van der Waals surface area contributed by atoms with Crippen molar-refractivity contribution in [2.75, 3.05) is 12.9 Å². The van der Waals surface area contributed by atoms with Crippen molar-refractivity contribution in [2.45, 2.75) is 58.5 Å². The first-order valence-corrected chi connectivity index (χ1v) is 10.4. The molecule has 0 saturated heterocycles. The van der Waals surface area contributed by atoms with E-state index in [2.05, 4.69) is 27.7 Å². The number of ketones is 1. The van der Waals surface area contributed by atoms with E-state index in [1.165, 1.54) is 43.9 Å². The lowest BCUT2D eigenvalue weighted by Gasteiger charge is -2.19. The van der Waals surface area contributed by atoms with Crippen LogP contribution >= 0.6 is 11.8 Å². The lowest BCUT2D eigenvalue weighted by molar-refractivity contribution is 0.0594. The molecule has 0 aliphatic heterocycles. The summed E-state index contributed by atoms with van der Waals surface area (Å²) in [6.07, 6.45) is 11.6. The molecule has 1 aliphatic rings. The van der Waals surface area contributed by atoms with Gasteiger partial charge in [0, 0.05) is 12.6 Å². The summed E-state index contributed by atoms with van der Waals surface area (Å²) in [7, 11) is 1.27. The molecular weight excluding hydrogens is 364 g/mol. The molecule has 1 aromatic rings. The summed E-state index contributed by atoms with van der Waals surface area (Å²) in [5.74, 6) is 1.17. The maximum absolute atomic E-state index is 12.4. The number of imidazole rings is 1. The molecule has 0 saturated carbocycles. The minimum atomic E-state index is -0.676. The fourth-order valence-electron chi connectivity index (χ4n) is 2.68. The summed E-state index contributed by atoms with van der Waals surface area (Å²) in [6, 6.07) is 0. The molecule has 1 aromatic heterocycles. The molecule has 1 unspecified atom stereocenters. The Balaban J connectivity index is 1.83. The van der Waals surface area contributed by atoms with Gasteiger partial charge in [-0.1, -0.05) is 26.2 Å². The van der Waals surface area contributed by atoms with E-state index in [1.807, 2.05) is 17.8 Å². The molecule has 0 aromatic carbocycles. The predicted octanol–water partition coefficient (Wildman–Crippen LogP) is 4.66. The number of hydrogen-bond donors (Lipinski definition) is 1. The number of nitrogens with one attached hydrogen (secondary N) is 1. The molecule has 1 aliphatic carbocycles. The molecule has 6 nitrogen and oxygen atoms in total. The molecule has 1 N–H and O–H groups in total. The van der Waals surface area contributed by atoms with Gasteiger partial charge in [0.25, 0.3) is 0 Å². The molecule has 0 bridgehead atoms. The quantitative estimate of drug-likeness (QED) is 0.335. The van der Waals surface area contributed by atoms with Gasteiger partial charge in [-0.15, -0.1) is 11.8 Å². The van der Waals surface area contributed by atoms with Gasteiger partial charge in [0.1, 0.15) is 0 Å². The Kier molecular flexibility index (Phi) is 8.64. The number of hydrogen-bond acceptors (Lipinski definition) is 6. The van der Waals surface area contributed by atoms with Crippen molar-refractivity contribution in [3.8, 4) is 0 Å². The number of allylic oxidation sites excluding steroid dienone is 4. The molecule has 0 fully saturated rings. The number of ether oxygens (including phenoxy) is 2. The number of thioether (sulfide) groups is 1. The average Bonchev–Trinajstić information content (AvgIpc) is 3.18.